The molecule has 0 radical (unpaired) electrons. The average molecular weight is 367 g/mol. The number of anilines is 2. The smallest absolute Gasteiger partial charge is 0.423 e. The average Bonchev–Trinajstić information content (AvgIpc) is 2.54. The predicted octanol–water partition coefficient (Wildman–Crippen LogP) is 5.56. The van der Waals surface area contributed by atoms with E-state index in [0.717, 1.165) is 11.9 Å². The fourth-order valence-electron chi connectivity index (χ4n) is 2.47. The zero-order valence-electron chi connectivity index (χ0n) is 15.6. The molecule has 4 nitrogen and oxygen atoms in total. The molecule has 1 aromatic carbocycles. The van der Waals surface area contributed by atoms with Gasteiger partial charge in [-0.2, -0.15) is 18.2 Å². The standard InChI is InChI=1S/C19H24F3N3O/c1-6-25(15-9-7-14(8-10-15)12(2)3)18-23-11-16(19(20,21)22)17(24-18)26-13(4)5/h7-13H,6H2,1-5H3. The number of halogens is 3. The lowest BCUT2D eigenvalue weighted by Gasteiger charge is -2.23. The Morgan fingerprint density at radius 1 is 1.08 bits per heavy atom. The molecular formula is C19H24F3N3O. The van der Waals surface area contributed by atoms with Crippen LogP contribution in [0.25, 0.3) is 0 Å². The Bertz CT molecular complexity index is 728. The van der Waals surface area contributed by atoms with Gasteiger partial charge >= 0.3 is 6.18 Å². The van der Waals surface area contributed by atoms with Gasteiger partial charge in [-0.25, -0.2) is 4.98 Å². The maximum atomic E-state index is 13.2. The Hall–Kier alpha value is -2.31. The number of alkyl halides is 3. The molecule has 0 saturated carbocycles. The third kappa shape index (κ3) is 4.65. The number of benzene rings is 1. The first-order valence-corrected chi connectivity index (χ1v) is 8.61. The Morgan fingerprint density at radius 2 is 1.69 bits per heavy atom. The molecule has 0 N–H and O–H groups in total. The first-order valence-electron chi connectivity index (χ1n) is 8.61. The molecule has 142 valence electrons. The van der Waals surface area contributed by atoms with Gasteiger partial charge in [-0.3, -0.25) is 0 Å². The zero-order chi connectivity index (χ0) is 19.5. The van der Waals surface area contributed by atoms with E-state index in [0.29, 0.717) is 12.5 Å². The quantitative estimate of drug-likeness (QED) is 0.670. The highest BCUT2D eigenvalue weighted by Crippen LogP contribution is 2.36. The van der Waals surface area contributed by atoms with Crippen LogP contribution < -0.4 is 9.64 Å². The lowest BCUT2D eigenvalue weighted by Crippen LogP contribution is -2.21. The van der Waals surface area contributed by atoms with Crippen LogP contribution in [0.4, 0.5) is 24.8 Å². The second kappa shape index (κ2) is 7.93. The van der Waals surface area contributed by atoms with E-state index in [1.807, 2.05) is 31.2 Å². The molecular weight excluding hydrogens is 343 g/mol. The van der Waals surface area contributed by atoms with Gasteiger partial charge in [0.15, 0.2) is 0 Å². The molecule has 0 aliphatic carbocycles. The molecule has 0 fully saturated rings. The first kappa shape index (κ1) is 20.0. The van der Waals surface area contributed by atoms with Gasteiger partial charge in [0.25, 0.3) is 0 Å². The van der Waals surface area contributed by atoms with Crippen LogP contribution in [0.15, 0.2) is 30.5 Å². The lowest BCUT2D eigenvalue weighted by molar-refractivity contribution is -0.139. The van der Waals surface area contributed by atoms with E-state index in [2.05, 4.69) is 23.8 Å². The molecule has 26 heavy (non-hydrogen) atoms. The van der Waals surface area contributed by atoms with E-state index < -0.39 is 23.7 Å². The van der Waals surface area contributed by atoms with Gasteiger partial charge < -0.3 is 9.64 Å². The molecule has 0 unspecified atom stereocenters. The third-order valence-electron chi connectivity index (χ3n) is 3.82. The van der Waals surface area contributed by atoms with Crippen molar-refractivity contribution in [2.24, 2.45) is 0 Å². The van der Waals surface area contributed by atoms with Crippen LogP contribution in [0.3, 0.4) is 0 Å². The van der Waals surface area contributed by atoms with E-state index in [1.54, 1.807) is 18.7 Å². The van der Waals surface area contributed by atoms with Gasteiger partial charge in [0.05, 0.1) is 6.10 Å². The van der Waals surface area contributed by atoms with Gasteiger partial charge in [0.1, 0.15) is 5.56 Å². The summed E-state index contributed by atoms with van der Waals surface area (Å²) in [5, 5.41) is 0. The molecule has 0 bridgehead atoms. The van der Waals surface area contributed by atoms with Crippen LogP contribution in [0, 0.1) is 0 Å². The summed E-state index contributed by atoms with van der Waals surface area (Å²) in [6.07, 6.45) is -4.22. The van der Waals surface area contributed by atoms with Crippen molar-refractivity contribution in [1.29, 1.82) is 0 Å². The van der Waals surface area contributed by atoms with Gasteiger partial charge in [0.2, 0.25) is 11.8 Å². The van der Waals surface area contributed by atoms with E-state index in [4.69, 9.17) is 4.74 Å². The minimum absolute atomic E-state index is 0.174. The number of nitrogens with zero attached hydrogens (tertiary/aromatic N) is 3. The number of rotatable bonds is 6. The van der Waals surface area contributed by atoms with Crippen molar-refractivity contribution in [3.05, 3.63) is 41.6 Å². The summed E-state index contributed by atoms with van der Waals surface area (Å²) in [6.45, 7) is 9.91. The maximum Gasteiger partial charge on any atom is 0.423 e. The van der Waals surface area contributed by atoms with Crippen LogP contribution in [0.1, 0.15) is 51.7 Å². The number of aromatic nitrogens is 2. The van der Waals surface area contributed by atoms with Crippen LogP contribution in [-0.4, -0.2) is 22.6 Å². The molecule has 2 aromatic rings. The highest BCUT2D eigenvalue weighted by Gasteiger charge is 2.37. The summed E-state index contributed by atoms with van der Waals surface area (Å²) >= 11 is 0. The molecule has 1 heterocycles. The van der Waals surface area contributed by atoms with Crippen molar-refractivity contribution in [2.75, 3.05) is 11.4 Å². The van der Waals surface area contributed by atoms with E-state index >= 15 is 0 Å². The van der Waals surface area contributed by atoms with E-state index in [9.17, 15) is 13.2 Å². The molecule has 0 aliphatic heterocycles. The Balaban J connectivity index is 2.44. The number of hydrogen-bond donors (Lipinski definition) is 0. The molecule has 0 atom stereocenters. The number of ether oxygens (including phenoxy) is 1. The van der Waals surface area contributed by atoms with Crippen LogP contribution in [0.2, 0.25) is 0 Å². The molecule has 2 rings (SSSR count). The summed E-state index contributed by atoms with van der Waals surface area (Å²) in [4.78, 5) is 9.74. The monoisotopic (exact) mass is 367 g/mol. The van der Waals surface area contributed by atoms with Crippen LogP contribution in [-0.2, 0) is 6.18 Å². The highest BCUT2D eigenvalue weighted by atomic mass is 19.4. The van der Waals surface area contributed by atoms with E-state index in [-0.39, 0.29) is 5.95 Å². The molecule has 0 amide bonds. The summed E-state index contributed by atoms with van der Waals surface area (Å²) in [7, 11) is 0. The van der Waals surface area contributed by atoms with Crippen molar-refractivity contribution in [1.82, 2.24) is 9.97 Å². The van der Waals surface area contributed by atoms with Gasteiger partial charge in [-0.1, -0.05) is 26.0 Å². The van der Waals surface area contributed by atoms with Crippen LogP contribution >= 0.6 is 0 Å². The fraction of sp³-hybridized carbons (Fsp3) is 0.474. The summed E-state index contributed by atoms with van der Waals surface area (Å²) < 4.78 is 44.8. The van der Waals surface area contributed by atoms with Gasteiger partial charge in [-0.15, -0.1) is 0 Å². The van der Waals surface area contributed by atoms with Crippen LogP contribution in [0.5, 0.6) is 5.88 Å². The minimum atomic E-state index is -4.57. The Labute approximate surface area is 152 Å². The maximum absolute atomic E-state index is 13.2. The second-order valence-electron chi connectivity index (χ2n) is 6.54. The minimum Gasteiger partial charge on any atom is -0.474 e. The summed E-state index contributed by atoms with van der Waals surface area (Å²) in [5.41, 5.74) is 1.02. The van der Waals surface area contributed by atoms with Crippen molar-refractivity contribution in [3.8, 4) is 5.88 Å². The lowest BCUT2D eigenvalue weighted by atomic mass is 10.0. The number of hydrogen-bond acceptors (Lipinski definition) is 4. The van der Waals surface area contributed by atoms with E-state index in [1.165, 1.54) is 5.56 Å². The summed E-state index contributed by atoms with van der Waals surface area (Å²) in [6, 6.07) is 7.84. The highest BCUT2D eigenvalue weighted by molar-refractivity contribution is 5.58. The zero-order valence-corrected chi connectivity index (χ0v) is 15.6. The second-order valence-corrected chi connectivity index (χ2v) is 6.54. The normalized spacial score (nSPS) is 11.9. The molecule has 7 heteroatoms. The van der Waals surface area contributed by atoms with Gasteiger partial charge in [-0.05, 0) is 44.4 Å². The Morgan fingerprint density at radius 3 is 2.15 bits per heavy atom. The molecule has 0 saturated heterocycles. The predicted molar refractivity (Wildman–Crippen MR) is 96.0 cm³/mol. The molecule has 1 aromatic heterocycles. The van der Waals surface area contributed by atoms with Crippen molar-refractivity contribution < 1.29 is 17.9 Å². The Kier molecular flexibility index (Phi) is 6.10. The third-order valence-corrected chi connectivity index (χ3v) is 3.82. The van der Waals surface area contributed by atoms with Gasteiger partial charge in [0, 0.05) is 18.4 Å². The summed E-state index contributed by atoms with van der Waals surface area (Å²) in [5.74, 6) is 0.121. The van der Waals surface area contributed by atoms with Crippen molar-refractivity contribution >= 4 is 11.6 Å². The fourth-order valence-corrected chi connectivity index (χ4v) is 2.47. The van der Waals surface area contributed by atoms with Crippen molar-refractivity contribution in [3.63, 3.8) is 0 Å². The molecule has 0 aliphatic rings. The first-order chi connectivity index (χ1) is 12.1. The SMILES string of the molecule is CCN(c1ccc(C(C)C)cc1)c1ncc(C(F)(F)F)c(OC(C)C)n1. The topological polar surface area (TPSA) is 38.2 Å². The largest absolute Gasteiger partial charge is 0.474 e. The van der Waals surface area contributed by atoms with Crippen molar-refractivity contribution in [2.45, 2.75) is 52.8 Å². The molecule has 0 spiro atoms.